The highest BCUT2D eigenvalue weighted by molar-refractivity contribution is 7.15. The Balaban J connectivity index is 1.45. The standard InChI is InChI=1S/C23H21ClN2O3S/c1-2-21-19(25-23(30-21)17-5-3-4-6-18(17)24)10-12-29-16-7-8-20-15(13-16)9-11-26(20)14-22(27)28/h3-9,11,13H,2,10,12,14H2,1H3,(H,27,28). The number of carboxylic acids is 1. The second-order valence-electron chi connectivity index (χ2n) is 6.88. The zero-order valence-corrected chi connectivity index (χ0v) is 18.0. The summed E-state index contributed by atoms with van der Waals surface area (Å²) >= 11 is 8.01. The SMILES string of the molecule is CCc1sc(-c2ccccc2Cl)nc1CCOc1ccc2c(ccn2CC(=O)O)c1. The van der Waals surface area contributed by atoms with Gasteiger partial charge in [0.1, 0.15) is 17.3 Å². The normalized spacial score (nSPS) is 11.1. The van der Waals surface area contributed by atoms with Crippen molar-refractivity contribution < 1.29 is 14.6 Å². The molecule has 2 heterocycles. The minimum atomic E-state index is -0.862. The third kappa shape index (κ3) is 4.35. The maximum absolute atomic E-state index is 11.0. The molecule has 4 aromatic rings. The van der Waals surface area contributed by atoms with E-state index < -0.39 is 5.97 Å². The largest absolute Gasteiger partial charge is 0.493 e. The van der Waals surface area contributed by atoms with Crippen LogP contribution in [0, 0.1) is 0 Å². The minimum Gasteiger partial charge on any atom is -0.493 e. The lowest BCUT2D eigenvalue weighted by Crippen LogP contribution is -2.07. The number of nitrogens with zero attached hydrogens (tertiary/aromatic N) is 2. The Labute approximate surface area is 183 Å². The fourth-order valence-electron chi connectivity index (χ4n) is 3.42. The maximum atomic E-state index is 11.0. The van der Waals surface area contributed by atoms with Gasteiger partial charge in [0.25, 0.3) is 0 Å². The summed E-state index contributed by atoms with van der Waals surface area (Å²) in [5.74, 6) is -0.103. The molecule has 4 rings (SSSR count). The van der Waals surface area contributed by atoms with Crippen LogP contribution in [0.3, 0.4) is 0 Å². The molecule has 0 aliphatic heterocycles. The second-order valence-corrected chi connectivity index (χ2v) is 8.37. The van der Waals surface area contributed by atoms with Gasteiger partial charge in [0.15, 0.2) is 0 Å². The quantitative estimate of drug-likeness (QED) is 0.382. The monoisotopic (exact) mass is 440 g/mol. The topological polar surface area (TPSA) is 64.4 Å². The molecule has 154 valence electrons. The van der Waals surface area contributed by atoms with E-state index in [0.717, 1.165) is 39.3 Å². The lowest BCUT2D eigenvalue weighted by Gasteiger charge is -2.07. The van der Waals surface area contributed by atoms with Gasteiger partial charge in [0, 0.05) is 34.0 Å². The molecule has 0 unspecified atom stereocenters. The van der Waals surface area contributed by atoms with Crippen molar-refractivity contribution in [2.75, 3.05) is 6.61 Å². The maximum Gasteiger partial charge on any atom is 0.323 e. The zero-order valence-electron chi connectivity index (χ0n) is 16.5. The number of fused-ring (bicyclic) bond motifs is 1. The van der Waals surface area contributed by atoms with Gasteiger partial charge in [-0.3, -0.25) is 4.79 Å². The summed E-state index contributed by atoms with van der Waals surface area (Å²) in [6.07, 6.45) is 3.41. The number of carboxylic acid groups (broad SMARTS) is 1. The number of ether oxygens (including phenoxy) is 1. The zero-order chi connectivity index (χ0) is 21.1. The molecule has 7 heteroatoms. The van der Waals surface area contributed by atoms with Gasteiger partial charge in [-0.05, 0) is 36.8 Å². The molecule has 0 aliphatic carbocycles. The van der Waals surface area contributed by atoms with Crippen LogP contribution in [0.2, 0.25) is 5.02 Å². The lowest BCUT2D eigenvalue weighted by atomic mass is 10.2. The number of aromatic nitrogens is 2. The molecule has 2 aromatic heterocycles. The Morgan fingerprint density at radius 3 is 2.83 bits per heavy atom. The van der Waals surface area contributed by atoms with Crippen LogP contribution in [0.4, 0.5) is 0 Å². The van der Waals surface area contributed by atoms with Gasteiger partial charge in [-0.1, -0.05) is 36.7 Å². The highest BCUT2D eigenvalue weighted by Gasteiger charge is 2.14. The van der Waals surface area contributed by atoms with Crippen molar-refractivity contribution in [3.05, 3.63) is 70.3 Å². The number of hydrogen-bond acceptors (Lipinski definition) is 4. The second kappa shape index (κ2) is 8.90. The molecule has 0 amide bonds. The van der Waals surface area contributed by atoms with Crippen molar-refractivity contribution in [1.82, 2.24) is 9.55 Å². The molecular weight excluding hydrogens is 420 g/mol. The van der Waals surface area contributed by atoms with E-state index in [1.165, 1.54) is 4.88 Å². The molecule has 0 saturated carbocycles. The van der Waals surface area contributed by atoms with Gasteiger partial charge >= 0.3 is 5.97 Å². The van der Waals surface area contributed by atoms with Crippen LogP contribution >= 0.6 is 22.9 Å². The first-order valence-corrected chi connectivity index (χ1v) is 10.9. The Kier molecular flexibility index (Phi) is 6.06. The van der Waals surface area contributed by atoms with Gasteiger partial charge < -0.3 is 14.4 Å². The van der Waals surface area contributed by atoms with Crippen LogP contribution < -0.4 is 4.74 Å². The molecule has 0 atom stereocenters. The van der Waals surface area contributed by atoms with Crippen molar-refractivity contribution in [1.29, 1.82) is 0 Å². The average molecular weight is 441 g/mol. The molecule has 5 nitrogen and oxygen atoms in total. The number of benzene rings is 2. The van der Waals surface area contributed by atoms with Crippen LogP contribution in [0.5, 0.6) is 5.75 Å². The van der Waals surface area contributed by atoms with E-state index in [-0.39, 0.29) is 6.54 Å². The van der Waals surface area contributed by atoms with Crippen molar-refractivity contribution in [2.24, 2.45) is 0 Å². The van der Waals surface area contributed by atoms with Crippen LogP contribution in [-0.2, 0) is 24.2 Å². The molecule has 0 aliphatic rings. The highest BCUT2D eigenvalue weighted by atomic mass is 35.5. The first-order valence-electron chi connectivity index (χ1n) is 9.72. The average Bonchev–Trinajstić information content (AvgIpc) is 3.32. The third-order valence-electron chi connectivity index (χ3n) is 4.86. The predicted octanol–water partition coefficient (Wildman–Crippen LogP) is 5.69. The van der Waals surface area contributed by atoms with E-state index in [1.807, 2.05) is 48.5 Å². The number of halogens is 1. The van der Waals surface area contributed by atoms with E-state index in [9.17, 15) is 4.79 Å². The van der Waals surface area contributed by atoms with Gasteiger partial charge in [-0.2, -0.15) is 0 Å². The summed E-state index contributed by atoms with van der Waals surface area (Å²) in [5.41, 5.74) is 2.88. The highest BCUT2D eigenvalue weighted by Crippen LogP contribution is 2.33. The van der Waals surface area contributed by atoms with E-state index in [1.54, 1.807) is 22.1 Å². The number of aliphatic carboxylic acids is 1. The lowest BCUT2D eigenvalue weighted by molar-refractivity contribution is -0.137. The molecule has 1 N–H and O–H groups in total. The molecule has 0 spiro atoms. The van der Waals surface area contributed by atoms with E-state index in [4.69, 9.17) is 26.4 Å². The van der Waals surface area contributed by atoms with Gasteiger partial charge in [-0.15, -0.1) is 11.3 Å². The number of rotatable bonds is 8. The summed E-state index contributed by atoms with van der Waals surface area (Å²) in [6.45, 7) is 2.59. The van der Waals surface area contributed by atoms with Gasteiger partial charge in [0.2, 0.25) is 0 Å². The van der Waals surface area contributed by atoms with Crippen molar-refractivity contribution in [2.45, 2.75) is 26.3 Å². The Bertz CT molecular complexity index is 1200. The summed E-state index contributed by atoms with van der Waals surface area (Å²) in [4.78, 5) is 17.0. The Morgan fingerprint density at radius 1 is 1.23 bits per heavy atom. The molecule has 0 radical (unpaired) electrons. The van der Waals surface area contributed by atoms with Crippen LogP contribution in [0.1, 0.15) is 17.5 Å². The van der Waals surface area contributed by atoms with Crippen LogP contribution in [0.25, 0.3) is 21.5 Å². The fourth-order valence-corrected chi connectivity index (χ4v) is 4.79. The van der Waals surface area contributed by atoms with Crippen LogP contribution in [0.15, 0.2) is 54.7 Å². The Morgan fingerprint density at radius 2 is 2.07 bits per heavy atom. The number of thiazole rings is 1. The van der Waals surface area contributed by atoms with Crippen LogP contribution in [-0.4, -0.2) is 27.2 Å². The summed E-state index contributed by atoms with van der Waals surface area (Å²) in [6, 6.07) is 15.4. The van der Waals surface area contributed by atoms with E-state index in [2.05, 4.69) is 6.92 Å². The number of aryl methyl sites for hydroxylation is 1. The molecule has 0 fully saturated rings. The molecule has 0 saturated heterocycles. The molecular formula is C23H21ClN2O3S. The summed E-state index contributed by atoms with van der Waals surface area (Å²) in [5, 5.41) is 11.6. The van der Waals surface area contributed by atoms with E-state index >= 15 is 0 Å². The minimum absolute atomic E-state index is 0.0545. The van der Waals surface area contributed by atoms with Crippen molar-refractivity contribution in [3.8, 4) is 16.3 Å². The summed E-state index contributed by atoms with van der Waals surface area (Å²) < 4.78 is 7.67. The van der Waals surface area contributed by atoms with Crippen molar-refractivity contribution >= 4 is 39.8 Å². The van der Waals surface area contributed by atoms with E-state index in [0.29, 0.717) is 18.1 Å². The van der Waals surface area contributed by atoms with Gasteiger partial charge in [-0.25, -0.2) is 4.98 Å². The van der Waals surface area contributed by atoms with Crippen molar-refractivity contribution in [3.63, 3.8) is 0 Å². The number of hydrogen-bond donors (Lipinski definition) is 1. The smallest absolute Gasteiger partial charge is 0.323 e. The third-order valence-corrected chi connectivity index (χ3v) is 6.46. The molecule has 0 bridgehead atoms. The van der Waals surface area contributed by atoms with Gasteiger partial charge in [0.05, 0.1) is 17.3 Å². The number of carbonyl (C=O) groups is 1. The molecule has 30 heavy (non-hydrogen) atoms. The summed E-state index contributed by atoms with van der Waals surface area (Å²) in [7, 11) is 0. The Hall–Kier alpha value is -2.83. The first-order chi connectivity index (χ1) is 14.5. The first kappa shape index (κ1) is 20.4. The predicted molar refractivity (Wildman–Crippen MR) is 121 cm³/mol. The molecule has 2 aromatic carbocycles. The fraction of sp³-hybridized carbons (Fsp3) is 0.217.